The van der Waals surface area contributed by atoms with Gasteiger partial charge in [-0.25, -0.2) is 12.8 Å². The average Bonchev–Trinajstić information content (AvgIpc) is 2.85. The highest BCUT2D eigenvalue weighted by atomic mass is 32.2. The van der Waals surface area contributed by atoms with Gasteiger partial charge in [0.2, 0.25) is 21.8 Å². The molecular weight excluding hydrogens is 493 g/mol. The highest BCUT2D eigenvalue weighted by Gasteiger charge is 2.33. The number of nitrogens with zero attached hydrogens (tertiary/aromatic N) is 2. The minimum atomic E-state index is -4.02. The summed E-state index contributed by atoms with van der Waals surface area (Å²) in [6.45, 7) is 3.49. The summed E-state index contributed by atoms with van der Waals surface area (Å²) in [4.78, 5) is 28.5. The van der Waals surface area contributed by atoms with Crippen LogP contribution >= 0.6 is 0 Å². The molecule has 0 aliphatic carbocycles. The molecule has 0 aliphatic rings. The van der Waals surface area contributed by atoms with Crippen molar-refractivity contribution in [2.24, 2.45) is 0 Å². The predicted octanol–water partition coefficient (Wildman–Crippen LogP) is 3.68. The van der Waals surface area contributed by atoms with Crippen LogP contribution in [0.1, 0.15) is 23.6 Å². The van der Waals surface area contributed by atoms with Crippen LogP contribution in [0.5, 0.6) is 0 Å². The predicted molar refractivity (Wildman–Crippen MR) is 143 cm³/mol. The van der Waals surface area contributed by atoms with E-state index in [9.17, 15) is 22.4 Å². The van der Waals surface area contributed by atoms with Gasteiger partial charge < -0.3 is 10.2 Å². The Morgan fingerprint density at radius 3 is 2.22 bits per heavy atom. The van der Waals surface area contributed by atoms with Gasteiger partial charge in [0.1, 0.15) is 18.4 Å². The SMILES string of the molecule is CCNC(=O)[C@@H](Cc1ccccc1)N(Cc1cccc(C)c1)C(=O)CN(c1ccccc1F)S(C)(=O)=O. The van der Waals surface area contributed by atoms with E-state index in [1.54, 1.807) is 6.92 Å². The van der Waals surface area contributed by atoms with E-state index < -0.39 is 34.3 Å². The third kappa shape index (κ3) is 7.63. The molecule has 0 saturated carbocycles. The fourth-order valence-corrected chi connectivity index (χ4v) is 4.95. The lowest BCUT2D eigenvalue weighted by atomic mass is 10.0. The molecule has 0 heterocycles. The Morgan fingerprint density at radius 2 is 1.59 bits per heavy atom. The van der Waals surface area contributed by atoms with E-state index in [1.165, 1.54) is 23.1 Å². The molecule has 1 atom stereocenters. The van der Waals surface area contributed by atoms with Crippen molar-refractivity contribution >= 4 is 27.5 Å². The van der Waals surface area contributed by atoms with Gasteiger partial charge in [-0.15, -0.1) is 0 Å². The molecule has 0 saturated heterocycles. The Kier molecular flexibility index (Phi) is 9.41. The Labute approximate surface area is 218 Å². The molecule has 9 heteroatoms. The molecule has 3 aromatic rings. The molecule has 3 rings (SSSR count). The van der Waals surface area contributed by atoms with E-state index >= 15 is 0 Å². The summed E-state index contributed by atoms with van der Waals surface area (Å²) >= 11 is 0. The van der Waals surface area contributed by atoms with Crippen LogP contribution in [0.3, 0.4) is 0 Å². The summed E-state index contributed by atoms with van der Waals surface area (Å²) in [7, 11) is -4.02. The Balaban J connectivity index is 2.05. The van der Waals surface area contributed by atoms with Gasteiger partial charge in [-0.05, 0) is 37.1 Å². The lowest BCUT2D eigenvalue weighted by molar-refractivity contribution is -0.140. The molecule has 0 aliphatic heterocycles. The molecular formula is C28H32FN3O4S. The zero-order valence-electron chi connectivity index (χ0n) is 21.2. The van der Waals surface area contributed by atoms with Crippen molar-refractivity contribution in [1.29, 1.82) is 0 Å². The third-order valence-electron chi connectivity index (χ3n) is 5.86. The fourth-order valence-electron chi connectivity index (χ4n) is 4.10. The van der Waals surface area contributed by atoms with E-state index in [0.29, 0.717) is 6.54 Å². The van der Waals surface area contributed by atoms with Crippen LogP contribution in [-0.2, 0) is 32.6 Å². The number of rotatable bonds is 11. The van der Waals surface area contributed by atoms with Gasteiger partial charge in [-0.3, -0.25) is 13.9 Å². The van der Waals surface area contributed by atoms with Crippen molar-refractivity contribution in [2.75, 3.05) is 23.7 Å². The second kappa shape index (κ2) is 12.5. The minimum Gasteiger partial charge on any atom is -0.355 e. The largest absolute Gasteiger partial charge is 0.355 e. The summed E-state index contributed by atoms with van der Waals surface area (Å²) < 4.78 is 40.6. The van der Waals surface area contributed by atoms with E-state index in [0.717, 1.165) is 33.3 Å². The van der Waals surface area contributed by atoms with Crippen LogP contribution in [-0.4, -0.2) is 50.5 Å². The Hall–Kier alpha value is -3.72. The summed E-state index contributed by atoms with van der Waals surface area (Å²) in [5.74, 6) is -1.75. The molecule has 0 radical (unpaired) electrons. The maximum atomic E-state index is 14.6. The topological polar surface area (TPSA) is 86.8 Å². The van der Waals surface area contributed by atoms with Crippen LogP contribution in [0.2, 0.25) is 0 Å². The first-order valence-electron chi connectivity index (χ1n) is 12.0. The number of halogens is 1. The van der Waals surface area contributed by atoms with E-state index in [2.05, 4.69) is 5.32 Å². The normalized spacial score (nSPS) is 12.0. The zero-order chi connectivity index (χ0) is 27.0. The fraction of sp³-hybridized carbons (Fsp3) is 0.286. The van der Waals surface area contributed by atoms with E-state index in [1.807, 2.05) is 61.5 Å². The van der Waals surface area contributed by atoms with Crippen LogP contribution in [0.4, 0.5) is 10.1 Å². The van der Waals surface area contributed by atoms with Crippen LogP contribution in [0.15, 0.2) is 78.9 Å². The molecule has 0 unspecified atom stereocenters. The van der Waals surface area contributed by atoms with Gasteiger partial charge in [0.25, 0.3) is 0 Å². The van der Waals surface area contributed by atoms with Crippen molar-refractivity contribution in [3.63, 3.8) is 0 Å². The van der Waals surface area contributed by atoms with Gasteiger partial charge in [-0.1, -0.05) is 72.3 Å². The molecule has 196 valence electrons. The number of hydrogen-bond acceptors (Lipinski definition) is 4. The molecule has 0 aromatic heterocycles. The summed E-state index contributed by atoms with van der Waals surface area (Å²) in [5.41, 5.74) is 2.38. The number of nitrogens with one attached hydrogen (secondary N) is 1. The number of anilines is 1. The van der Waals surface area contributed by atoms with Crippen molar-refractivity contribution in [1.82, 2.24) is 10.2 Å². The van der Waals surface area contributed by atoms with Gasteiger partial charge >= 0.3 is 0 Å². The molecule has 1 N–H and O–H groups in total. The maximum Gasteiger partial charge on any atom is 0.244 e. The molecule has 7 nitrogen and oxygen atoms in total. The number of amides is 2. The first-order chi connectivity index (χ1) is 17.6. The number of carbonyl (C=O) groups excluding carboxylic acids is 2. The second-order valence-electron chi connectivity index (χ2n) is 8.83. The molecule has 0 fully saturated rings. The number of likely N-dealkylation sites (N-methyl/N-ethyl adjacent to an activating group) is 1. The molecule has 3 aromatic carbocycles. The van der Waals surface area contributed by atoms with Crippen molar-refractivity contribution < 1.29 is 22.4 Å². The number of benzene rings is 3. The van der Waals surface area contributed by atoms with Crippen molar-refractivity contribution in [2.45, 2.75) is 32.9 Å². The van der Waals surface area contributed by atoms with E-state index in [4.69, 9.17) is 0 Å². The van der Waals surface area contributed by atoms with Gasteiger partial charge in [0, 0.05) is 19.5 Å². The summed E-state index contributed by atoms with van der Waals surface area (Å²) in [6.07, 6.45) is 1.14. The van der Waals surface area contributed by atoms with Gasteiger partial charge in [0.05, 0.1) is 11.9 Å². The average molecular weight is 526 g/mol. The third-order valence-corrected chi connectivity index (χ3v) is 6.98. The minimum absolute atomic E-state index is 0.0734. The Morgan fingerprint density at radius 1 is 0.946 bits per heavy atom. The lowest BCUT2D eigenvalue weighted by Gasteiger charge is -2.33. The molecule has 37 heavy (non-hydrogen) atoms. The summed E-state index contributed by atoms with van der Waals surface area (Å²) in [5, 5.41) is 2.80. The van der Waals surface area contributed by atoms with Gasteiger partial charge in [0.15, 0.2) is 0 Å². The van der Waals surface area contributed by atoms with Crippen LogP contribution < -0.4 is 9.62 Å². The second-order valence-corrected chi connectivity index (χ2v) is 10.7. The van der Waals surface area contributed by atoms with Crippen molar-refractivity contribution in [3.05, 3.63) is 101 Å². The number of carbonyl (C=O) groups is 2. The number of hydrogen-bond donors (Lipinski definition) is 1. The highest BCUT2D eigenvalue weighted by molar-refractivity contribution is 7.92. The quantitative estimate of drug-likeness (QED) is 0.414. The van der Waals surface area contributed by atoms with Crippen LogP contribution in [0, 0.1) is 12.7 Å². The standard InChI is InChI=1S/C28H32FN3O4S/c1-4-30-28(34)26(18-22-12-6-5-7-13-22)31(19-23-14-10-11-21(2)17-23)27(33)20-32(37(3,35)36)25-16-9-8-15-24(25)29/h5-17,26H,4,18-20H2,1-3H3,(H,30,34)/t26-/m1/s1. The number of para-hydroxylation sites is 1. The van der Waals surface area contributed by atoms with Gasteiger partial charge in [-0.2, -0.15) is 0 Å². The zero-order valence-corrected chi connectivity index (χ0v) is 22.0. The maximum absolute atomic E-state index is 14.6. The van der Waals surface area contributed by atoms with Crippen molar-refractivity contribution in [3.8, 4) is 0 Å². The smallest absolute Gasteiger partial charge is 0.244 e. The molecule has 0 bridgehead atoms. The summed E-state index contributed by atoms with van der Waals surface area (Å²) in [6, 6.07) is 21.3. The Bertz CT molecular complexity index is 1330. The first kappa shape index (κ1) is 27.9. The number of sulfonamides is 1. The monoisotopic (exact) mass is 525 g/mol. The lowest BCUT2D eigenvalue weighted by Crippen LogP contribution is -2.53. The van der Waals surface area contributed by atoms with E-state index in [-0.39, 0.29) is 24.6 Å². The molecule has 0 spiro atoms. The highest BCUT2D eigenvalue weighted by Crippen LogP contribution is 2.23. The molecule has 2 amide bonds. The first-order valence-corrected chi connectivity index (χ1v) is 13.8. The number of aryl methyl sites for hydroxylation is 1. The van der Waals surface area contributed by atoms with Crippen LogP contribution in [0.25, 0.3) is 0 Å².